The first-order chi connectivity index (χ1) is 22.0. The number of carbonyl (C=O) groups excluding carboxylic acids is 1. The third-order valence-corrected chi connectivity index (χ3v) is 8.19. The van der Waals surface area contributed by atoms with Crippen molar-refractivity contribution in [1.82, 2.24) is 0 Å². The predicted molar refractivity (Wildman–Crippen MR) is 179 cm³/mol. The normalized spacial score (nSPS) is 11.0. The molecule has 0 N–H and O–H groups in total. The van der Waals surface area contributed by atoms with Crippen molar-refractivity contribution in [3.8, 4) is 40.1 Å². The van der Waals surface area contributed by atoms with Gasteiger partial charge in [-0.25, -0.2) is 0 Å². The summed E-state index contributed by atoms with van der Waals surface area (Å²) < 4.78 is 33.6. The molecule has 0 unspecified atom stereocenters. The zero-order chi connectivity index (χ0) is 32.4. The lowest BCUT2D eigenvalue weighted by Crippen LogP contribution is -2.16. The number of fused-ring (bicyclic) bond motifs is 1. The van der Waals surface area contributed by atoms with Gasteiger partial charge in [0.1, 0.15) is 22.5 Å². The molecule has 0 aliphatic carbocycles. The lowest BCUT2D eigenvalue weighted by atomic mass is 10.0. The summed E-state index contributed by atoms with van der Waals surface area (Å²) in [7, 11) is 6.03. The molecule has 8 heteroatoms. The van der Waals surface area contributed by atoms with Crippen molar-refractivity contribution in [2.75, 3.05) is 28.4 Å². The summed E-state index contributed by atoms with van der Waals surface area (Å²) in [6, 6.07) is 8.29. The summed E-state index contributed by atoms with van der Waals surface area (Å²) in [4.78, 5) is 26.8. The van der Waals surface area contributed by atoms with Gasteiger partial charge in [-0.05, 0) is 24.6 Å². The van der Waals surface area contributed by atoms with Gasteiger partial charge in [-0.1, -0.05) is 96.8 Å². The zero-order valence-electron chi connectivity index (χ0n) is 28.0. The lowest BCUT2D eigenvalue weighted by molar-refractivity contribution is -0.134. The Kier molecular flexibility index (Phi) is 15.6. The molecule has 0 radical (unpaired) electrons. The highest BCUT2D eigenvalue weighted by atomic mass is 16.5. The molecule has 0 atom stereocenters. The van der Waals surface area contributed by atoms with Crippen LogP contribution in [0.25, 0.3) is 22.3 Å². The molecule has 8 nitrogen and oxygen atoms in total. The SMILES string of the molecule is CCCCCCCCCCCCCCCCCC(=O)Oc1c(-c2ccc(OC)c(OC)c2)oc2cc(OC)cc(OC)c2c1=O. The van der Waals surface area contributed by atoms with E-state index >= 15 is 0 Å². The van der Waals surface area contributed by atoms with Crippen LogP contribution in [0.15, 0.2) is 39.5 Å². The van der Waals surface area contributed by atoms with E-state index in [1.807, 2.05) is 0 Å². The summed E-state index contributed by atoms with van der Waals surface area (Å²) in [6.45, 7) is 2.26. The number of rotatable bonds is 22. The van der Waals surface area contributed by atoms with Crippen LogP contribution >= 0.6 is 0 Å². The second kappa shape index (κ2) is 19.7. The average molecular weight is 625 g/mol. The van der Waals surface area contributed by atoms with Crippen LogP contribution in [0.2, 0.25) is 0 Å². The first-order valence-corrected chi connectivity index (χ1v) is 16.6. The molecule has 0 aliphatic rings. The van der Waals surface area contributed by atoms with E-state index in [0.29, 0.717) is 29.2 Å². The molecule has 3 rings (SSSR count). The highest BCUT2D eigenvalue weighted by Gasteiger charge is 2.24. The number of unbranched alkanes of at least 4 members (excludes halogenated alkanes) is 14. The van der Waals surface area contributed by atoms with E-state index in [4.69, 9.17) is 28.1 Å². The fraction of sp³-hybridized carbons (Fsp3) is 0.568. The number of hydrogen-bond acceptors (Lipinski definition) is 8. The van der Waals surface area contributed by atoms with E-state index in [-0.39, 0.29) is 34.6 Å². The summed E-state index contributed by atoms with van der Waals surface area (Å²) in [5.41, 5.74) is 0.219. The molecule has 0 aliphatic heterocycles. The van der Waals surface area contributed by atoms with Gasteiger partial charge in [0.15, 0.2) is 17.3 Å². The van der Waals surface area contributed by atoms with Gasteiger partial charge in [0.25, 0.3) is 0 Å². The number of ether oxygens (including phenoxy) is 5. The molecule has 0 fully saturated rings. The minimum Gasteiger partial charge on any atom is -0.496 e. The van der Waals surface area contributed by atoms with Crippen LogP contribution in [0.5, 0.6) is 28.7 Å². The Bertz CT molecular complexity index is 1390. The van der Waals surface area contributed by atoms with Crippen molar-refractivity contribution in [3.63, 3.8) is 0 Å². The number of hydrogen-bond donors (Lipinski definition) is 0. The Hall–Kier alpha value is -3.68. The molecule has 0 amide bonds. The van der Waals surface area contributed by atoms with Crippen LogP contribution < -0.4 is 29.1 Å². The second-order valence-electron chi connectivity index (χ2n) is 11.5. The van der Waals surface area contributed by atoms with E-state index in [0.717, 1.165) is 12.8 Å². The predicted octanol–water partition coefficient (Wildman–Crippen LogP) is 9.66. The molecule has 0 saturated carbocycles. The Morgan fingerprint density at radius 3 is 1.73 bits per heavy atom. The fourth-order valence-electron chi connectivity index (χ4n) is 5.59. The molecule has 45 heavy (non-hydrogen) atoms. The van der Waals surface area contributed by atoms with Crippen molar-refractivity contribution in [2.24, 2.45) is 0 Å². The van der Waals surface area contributed by atoms with Crippen LogP contribution in [-0.2, 0) is 4.79 Å². The Labute approximate surface area is 268 Å². The van der Waals surface area contributed by atoms with Gasteiger partial charge in [0.2, 0.25) is 11.2 Å². The average Bonchev–Trinajstić information content (AvgIpc) is 3.06. The van der Waals surface area contributed by atoms with E-state index < -0.39 is 11.4 Å². The molecule has 2 aromatic carbocycles. The Morgan fingerprint density at radius 1 is 0.644 bits per heavy atom. The van der Waals surface area contributed by atoms with Crippen LogP contribution in [0, 0.1) is 0 Å². The van der Waals surface area contributed by atoms with E-state index in [2.05, 4.69) is 6.92 Å². The van der Waals surface area contributed by atoms with E-state index in [1.165, 1.54) is 105 Å². The maximum atomic E-state index is 13.8. The quantitative estimate of drug-likeness (QED) is 0.0806. The van der Waals surface area contributed by atoms with Crippen molar-refractivity contribution in [2.45, 2.75) is 110 Å². The third-order valence-electron chi connectivity index (χ3n) is 8.19. The maximum Gasteiger partial charge on any atom is 0.311 e. The van der Waals surface area contributed by atoms with E-state index in [9.17, 15) is 9.59 Å². The van der Waals surface area contributed by atoms with Crippen molar-refractivity contribution >= 4 is 16.9 Å². The van der Waals surface area contributed by atoms with Crippen molar-refractivity contribution in [3.05, 3.63) is 40.6 Å². The highest BCUT2D eigenvalue weighted by molar-refractivity contribution is 5.90. The minimum absolute atomic E-state index is 0.105. The standard InChI is InChI=1S/C37H52O8/c1-6-7-8-9-10-11-12-13-14-15-16-17-18-19-20-21-33(38)45-37-35(39)34-31(43-5)25-28(40-2)26-32(34)44-36(37)27-22-23-29(41-3)30(24-27)42-4/h22-26H,6-21H2,1-5H3. The number of benzene rings is 2. The zero-order valence-corrected chi connectivity index (χ0v) is 28.0. The number of carbonyl (C=O) groups is 1. The molecule has 3 aromatic rings. The minimum atomic E-state index is -0.509. The van der Waals surface area contributed by atoms with Crippen LogP contribution in [-0.4, -0.2) is 34.4 Å². The van der Waals surface area contributed by atoms with E-state index in [1.54, 1.807) is 30.3 Å². The monoisotopic (exact) mass is 624 g/mol. The van der Waals surface area contributed by atoms with Gasteiger partial charge < -0.3 is 28.1 Å². The highest BCUT2D eigenvalue weighted by Crippen LogP contribution is 2.39. The molecular formula is C37H52O8. The summed E-state index contributed by atoms with van der Waals surface area (Å²) in [5.74, 6) is 1.11. The van der Waals surface area contributed by atoms with Crippen LogP contribution in [0.4, 0.5) is 0 Å². The second-order valence-corrected chi connectivity index (χ2v) is 11.5. The summed E-state index contributed by atoms with van der Waals surface area (Å²) in [6.07, 6.45) is 18.8. The number of esters is 1. The molecule has 0 bridgehead atoms. The van der Waals surface area contributed by atoms with Gasteiger partial charge in [-0.3, -0.25) is 9.59 Å². The molecule has 0 spiro atoms. The smallest absolute Gasteiger partial charge is 0.311 e. The maximum absolute atomic E-state index is 13.8. The van der Waals surface area contributed by atoms with Gasteiger partial charge >= 0.3 is 5.97 Å². The van der Waals surface area contributed by atoms with Crippen molar-refractivity contribution < 1.29 is 32.9 Å². The van der Waals surface area contributed by atoms with Crippen molar-refractivity contribution in [1.29, 1.82) is 0 Å². The van der Waals surface area contributed by atoms with Gasteiger partial charge in [0.05, 0.1) is 28.4 Å². The van der Waals surface area contributed by atoms with Gasteiger partial charge in [-0.2, -0.15) is 0 Å². The number of methoxy groups -OCH3 is 4. The van der Waals surface area contributed by atoms with Crippen LogP contribution in [0.1, 0.15) is 110 Å². The van der Waals surface area contributed by atoms with Crippen LogP contribution in [0.3, 0.4) is 0 Å². The fourth-order valence-corrected chi connectivity index (χ4v) is 5.59. The summed E-state index contributed by atoms with van der Waals surface area (Å²) in [5, 5.41) is 0.164. The summed E-state index contributed by atoms with van der Waals surface area (Å²) >= 11 is 0. The molecular weight excluding hydrogens is 572 g/mol. The molecule has 0 saturated heterocycles. The third kappa shape index (κ3) is 10.7. The molecule has 1 heterocycles. The topological polar surface area (TPSA) is 93.4 Å². The largest absolute Gasteiger partial charge is 0.496 e. The van der Waals surface area contributed by atoms with Gasteiger partial charge in [0, 0.05) is 24.1 Å². The lowest BCUT2D eigenvalue weighted by Gasteiger charge is -2.14. The molecule has 248 valence electrons. The van der Waals surface area contributed by atoms with Gasteiger partial charge in [-0.15, -0.1) is 0 Å². The Morgan fingerprint density at radius 2 is 1.20 bits per heavy atom. The Balaban J connectivity index is 1.59. The first-order valence-electron chi connectivity index (χ1n) is 16.6. The first kappa shape index (κ1) is 35.8. The molecule has 1 aromatic heterocycles.